The van der Waals surface area contributed by atoms with Crippen molar-refractivity contribution in [1.82, 2.24) is 5.32 Å². The van der Waals surface area contributed by atoms with Gasteiger partial charge in [0.05, 0.1) is 7.11 Å². The number of hydrogen-bond donors (Lipinski definition) is 1. The minimum absolute atomic E-state index is 0.0696. The number of ether oxygens (including phenoxy) is 1. The molecule has 106 valence electrons. The van der Waals surface area contributed by atoms with Crippen molar-refractivity contribution in [2.75, 3.05) is 7.11 Å². The van der Waals surface area contributed by atoms with E-state index < -0.39 is 0 Å². The molecule has 0 heterocycles. The molecule has 0 spiro atoms. The summed E-state index contributed by atoms with van der Waals surface area (Å²) in [6, 6.07) is 7.42. The Balaban J connectivity index is 2.72. The molecular formula is C15H22ClNO2. The normalized spacial score (nSPS) is 14.2. The fourth-order valence-corrected chi connectivity index (χ4v) is 2.12. The van der Waals surface area contributed by atoms with Crippen molar-refractivity contribution >= 4 is 17.6 Å². The lowest BCUT2D eigenvalue weighted by atomic mass is 10.0. The molecule has 0 amide bonds. The first-order chi connectivity index (χ1) is 8.93. The molecule has 1 aromatic carbocycles. The van der Waals surface area contributed by atoms with E-state index in [-0.39, 0.29) is 18.1 Å². The summed E-state index contributed by atoms with van der Waals surface area (Å²) >= 11 is 5.87. The van der Waals surface area contributed by atoms with Crippen LogP contribution >= 0.6 is 11.6 Å². The Morgan fingerprint density at radius 2 is 1.84 bits per heavy atom. The highest BCUT2D eigenvalue weighted by molar-refractivity contribution is 6.30. The molecule has 1 rings (SSSR count). The molecule has 0 aliphatic rings. The Bertz CT molecular complexity index is 403. The number of methoxy groups -OCH3 is 1. The molecule has 0 aromatic heterocycles. The van der Waals surface area contributed by atoms with Gasteiger partial charge in [0.25, 0.3) is 0 Å². The molecule has 0 bridgehead atoms. The molecule has 3 nitrogen and oxygen atoms in total. The maximum absolute atomic E-state index is 11.8. The van der Waals surface area contributed by atoms with Gasteiger partial charge in [-0.15, -0.1) is 0 Å². The van der Waals surface area contributed by atoms with Crippen molar-refractivity contribution in [3.8, 4) is 0 Å². The average Bonchev–Trinajstić information content (AvgIpc) is 2.37. The van der Waals surface area contributed by atoms with E-state index in [9.17, 15) is 4.79 Å². The number of esters is 1. The monoisotopic (exact) mass is 283 g/mol. The first-order valence-corrected chi connectivity index (χ1v) is 6.91. The second kappa shape index (κ2) is 7.51. The van der Waals surface area contributed by atoms with E-state index in [0.29, 0.717) is 10.9 Å². The molecule has 0 saturated heterocycles. The predicted molar refractivity (Wildman–Crippen MR) is 78.3 cm³/mol. The van der Waals surface area contributed by atoms with Crippen molar-refractivity contribution < 1.29 is 9.53 Å². The van der Waals surface area contributed by atoms with Gasteiger partial charge in [0.1, 0.15) is 6.04 Å². The fraction of sp³-hybridized carbons (Fsp3) is 0.533. The molecule has 1 N–H and O–H groups in total. The van der Waals surface area contributed by atoms with Crippen LogP contribution in [0.3, 0.4) is 0 Å². The van der Waals surface area contributed by atoms with E-state index in [1.807, 2.05) is 31.2 Å². The molecule has 0 saturated carbocycles. The van der Waals surface area contributed by atoms with Gasteiger partial charge in [-0.3, -0.25) is 10.1 Å². The van der Waals surface area contributed by atoms with Gasteiger partial charge in [-0.1, -0.05) is 37.6 Å². The maximum Gasteiger partial charge on any atom is 0.322 e. The second-order valence-electron chi connectivity index (χ2n) is 5.15. The van der Waals surface area contributed by atoms with Gasteiger partial charge in [-0.25, -0.2) is 0 Å². The van der Waals surface area contributed by atoms with E-state index >= 15 is 0 Å². The smallest absolute Gasteiger partial charge is 0.322 e. The number of hydrogen-bond acceptors (Lipinski definition) is 3. The third-order valence-electron chi connectivity index (χ3n) is 3.01. The Morgan fingerprint density at radius 1 is 1.26 bits per heavy atom. The minimum atomic E-state index is -0.282. The number of rotatable bonds is 6. The highest BCUT2D eigenvalue weighted by atomic mass is 35.5. The molecule has 2 unspecified atom stereocenters. The number of benzene rings is 1. The van der Waals surface area contributed by atoms with E-state index in [4.69, 9.17) is 16.3 Å². The van der Waals surface area contributed by atoms with E-state index in [1.54, 1.807) is 0 Å². The second-order valence-corrected chi connectivity index (χ2v) is 5.58. The third-order valence-corrected chi connectivity index (χ3v) is 3.27. The maximum atomic E-state index is 11.8. The molecular weight excluding hydrogens is 262 g/mol. The van der Waals surface area contributed by atoms with Gasteiger partial charge in [0.2, 0.25) is 0 Å². The molecule has 0 aliphatic carbocycles. The zero-order valence-corrected chi connectivity index (χ0v) is 12.7. The molecule has 1 aromatic rings. The summed E-state index contributed by atoms with van der Waals surface area (Å²) in [6.07, 6.45) is 0.755. The van der Waals surface area contributed by atoms with Crippen molar-refractivity contribution in [2.24, 2.45) is 5.92 Å². The fourth-order valence-electron chi connectivity index (χ4n) is 2.00. The van der Waals surface area contributed by atoms with Crippen LogP contribution in [0.2, 0.25) is 5.02 Å². The lowest BCUT2D eigenvalue weighted by molar-refractivity contribution is -0.143. The van der Waals surface area contributed by atoms with Crippen LogP contribution in [0.1, 0.15) is 38.8 Å². The van der Waals surface area contributed by atoms with Gasteiger partial charge in [-0.05, 0) is 37.0 Å². The van der Waals surface area contributed by atoms with E-state index in [1.165, 1.54) is 7.11 Å². The minimum Gasteiger partial charge on any atom is -0.468 e. The van der Waals surface area contributed by atoms with Gasteiger partial charge >= 0.3 is 5.97 Å². The SMILES string of the molecule is COC(=O)C(CC(C)C)NC(C)c1ccc(Cl)cc1. The first-order valence-electron chi connectivity index (χ1n) is 6.53. The number of carbonyl (C=O) groups excluding carboxylic acids is 1. The Morgan fingerprint density at radius 3 is 2.32 bits per heavy atom. The molecule has 0 fully saturated rings. The molecule has 19 heavy (non-hydrogen) atoms. The summed E-state index contributed by atoms with van der Waals surface area (Å²) in [4.78, 5) is 11.8. The molecule has 4 heteroatoms. The van der Waals surface area contributed by atoms with Crippen LogP contribution < -0.4 is 5.32 Å². The van der Waals surface area contributed by atoms with Crippen LogP contribution in [0.15, 0.2) is 24.3 Å². The molecule has 2 atom stereocenters. The summed E-state index contributed by atoms with van der Waals surface area (Å²) < 4.78 is 4.85. The summed E-state index contributed by atoms with van der Waals surface area (Å²) in [6.45, 7) is 6.20. The molecule has 0 aliphatic heterocycles. The molecule has 0 radical (unpaired) electrons. The van der Waals surface area contributed by atoms with Crippen LogP contribution in [0.25, 0.3) is 0 Å². The largest absolute Gasteiger partial charge is 0.468 e. The standard InChI is InChI=1S/C15H22ClNO2/c1-10(2)9-14(15(18)19-4)17-11(3)12-5-7-13(16)8-6-12/h5-8,10-11,14,17H,9H2,1-4H3. The number of halogens is 1. The lowest BCUT2D eigenvalue weighted by Gasteiger charge is -2.23. The Labute approximate surface area is 120 Å². The van der Waals surface area contributed by atoms with Crippen LogP contribution in [0.4, 0.5) is 0 Å². The third kappa shape index (κ3) is 5.21. The summed E-state index contributed by atoms with van der Waals surface area (Å²) in [5, 5.41) is 4.03. The summed E-state index contributed by atoms with van der Waals surface area (Å²) in [7, 11) is 1.42. The van der Waals surface area contributed by atoms with Crippen LogP contribution in [-0.4, -0.2) is 19.1 Å². The number of carbonyl (C=O) groups is 1. The zero-order chi connectivity index (χ0) is 14.4. The van der Waals surface area contributed by atoms with Crippen molar-refractivity contribution in [2.45, 2.75) is 39.3 Å². The van der Waals surface area contributed by atoms with E-state index in [2.05, 4.69) is 19.2 Å². The van der Waals surface area contributed by atoms with Crippen molar-refractivity contribution in [1.29, 1.82) is 0 Å². The van der Waals surface area contributed by atoms with Gasteiger partial charge < -0.3 is 4.74 Å². The van der Waals surface area contributed by atoms with Crippen molar-refractivity contribution in [3.05, 3.63) is 34.9 Å². The van der Waals surface area contributed by atoms with Gasteiger partial charge in [0.15, 0.2) is 0 Å². The van der Waals surface area contributed by atoms with Gasteiger partial charge in [-0.2, -0.15) is 0 Å². The van der Waals surface area contributed by atoms with Crippen LogP contribution in [-0.2, 0) is 9.53 Å². The van der Waals surface area contributed by atoms with E-state index in [0.717, 1.165) is 12.0 Å². The highest BCUT2D eigenvalue weighted by Crippen LogP contribution is 2.18. The predicted octanol–water partition coefficient (Wildman–Crippen LogP) is 3.58. The zero-order valence-electron chi connectivity index (χ0n) is 11.9. The first kappa shape index (κ1) is 16.0. The highest BCUT2D eigenvalue weighted by Gasteiger charge is 2.22. The Hall–Kier alpha value is -1.06. The summed E-state index contributed by atoms with van der Waals surface area (Å²) in [5.74, 6) is 0.212. The quantitative estimate of drug-likeness (QED) is 0.811. The lowest BCUT2D eigenvalue weighted by Crippen LogP contribution is -2.40. The van der Waals surface area contributed by atoms with Crippen molar-refractivity contribution in [3.63, 3.8) is 0 Å². The Kier molecular flexibility index (Phi) is 6.32. The van der Waals surface area contributed by atoms with Crippen LogP contribution in [0, 0.1) is 5.92 Å². The number of nitrogens with one attached hydrogen (secondary N) is 1. The average molecular weight is 284 g/mol. The topological polar surface area (TPSA) is 38.3 Å². The van der Waals surface area contributed by atoms with Gasteiger partial charge in [0, 0.05) is 11.1 Å². The van der Waals surface area contributed by atoms with Crippen LogP contribution in [0.5, 0.6) is 0 Å². The summed E-state index contributed by atoms with van der Waals surface area (Å²) in [5.41, 5.74) is 1.10.